The summed E-state index contributed by atoms with van der Waals surface area (Å²) in [5, 5.41) is 13.9. The zero-order valence-electron chi connectivity index (χ0n) is 20.0. The second-order valence-electron chi connectivity index (χ2n) is 8.85. The van der Waals surface area contributed by atoms with Gasteiger partial charge in [0.25, 0.3) is 5.91 Å². The van der Waals surface area contributed by atoms with Crippen molar-refractivity contribution in [1.82, 2.24) is 9.47 Å². The number of nitrogens with zero attached hydrogens (tertiary/aromatic N) is 2. The number of rotatable bonds is 6. The molecule has 1 heterocycles. The van der Waals surface area contributed by atoms with Gasteiger partial charge in [-0.15, -0.1) is 0 Å². The molecule has 0 bridgehead atoms. The first-order valence-electron chi connectivity index (χ1n) is 11.4. The summed E-state index contributed by atoms with van der Waals surface area (Å²) in [6.07, 6.45) is 0. The highest BCUT2D eigenvalue weighted by Crippen LogP contribution is 2.40. The van der Waals surface area contributed by atoms with Gasteiger partial charge in [0.2, 0.25) is 0 Å². The van der Waals surface area contributed by atoms with Gasteiger partial charge in [-0.2, -0.15) is 0 Å². The fourth-order valence-electron chi connectivity index (χ4n) is 4.36. The van der Waals surface area contributed by atoms with Crippen LogP contribution < -0.4 is 0 Å². The second kappa shape index (κ2) is 10.1. The van der Waals surface area contributed by atoms with E-state index in [0.29, 0.717) is 22.2 Å². The van der Waals surface area contributed by atoms with Crippen LogP contribution in [0.3, 0.4) is 0 Å². The minimum Gasteiger partial charge on any atom is -0.477 e. The molecule has 0 aliphatic heterocycles. The van der Waals surface area contributed by atoms with Crippen LogP contribution in [0.15, 0.2) is 88.7 Å². The van der Waals surface area contributed by atoms with E-state index in [9.17, 15) is 14.7 Å². The molecule has 0 unspecified atom stereocenters. The molecule has 5 rings (SSSR count). The molecule has 1 amide bonds. The van der Waals surface area contributed by atoms with Crippen molar-refractivity contribution in [3.63, 3.8) is 0 Å². The first kappa shape index (κ1) is 25.2. The molecule has 5 nitrogen and oxygen atoms in total. The average Bonchev–Trinajstić information content (AvgIpc) is 3.25. The Morgan fingerprint density at radius 1 is 0.865 bits per heavy atom. The fourth-order valence-corrected chi connectivity index (χ4v) is 5.75. The van der Waals surface area contributed by atoms with Gasteiger partial charge < -0.3 is 14.6 Å². The van der Waals surface area contributed by atoms with E-state index in [2.05, 4.69) is 0 Å². The van der Waals surface area contributed by atoms with Crippen LogP contribution in [-0.4, -0.2) is 40.5 Å². The predicted molar refractivity (Wildman–Crippen MR) is 151 cm³/mol. The SMILES string of the molecule is CN(C)C(=O)c1ccc(Cn2c(C(=O)O)cc3c4ccccc4c(Sc4ccc(Cl)c(Cl)c4)cc32)cc1. The number of hydrogen-bond acceptors (Lipinski definition) is 3. The topological polar surface area (TPSA) is 62.5 Å². The van der Waals surface area contributed by atoms with Crippen molar-refractivity contribution in [2.24, 2.45) is 0 Å². The lowest BCUT2D eigenvalue weighted by Crippen LogP contribution is -2.21. The summed E-state index contributed by atoms with van der Waals surface area (Å²) in [6, 6.07) is 24.5. The third-order valence-corrected chi connectivity index (χ3v) is 7.96. The van der Waals surface area contributed by atoms with Gasteiger partial charge in [-0.05, 0) is 58.8 Å². The predicted octanol–water partition coefficient (Wildman–Crippen LogP) is 7.70. The molecule has 0 aliphatic carbocycles. The van der Waals surface area contributed by atoms with Gasteiger partial charge in [0, 0.05) is 41.4 Å². The summed E-state index contributed by atoms with van der Waals surface area (Å²) in [7, 11) is 3.42. The zero-order valence-corrected chi connectivity index (χ0v) is 22.4. The Morgan fingerprint density at radius 2 is 1.57 bits per heavy atom. The maximum absolute atomic E-state index is 12.3. The summed E-state index contributed by atoms with van der Waals surface area (Å²) in [6.45, 7) is 0.344. The number of carboxylic acids is 1. The second-order valence-corrected chi connectivity index (χ2v) is 10.8. The summed E-state index contributed by atoms with van der Waals surface area (Å²) >= 11 is 13.9. The molecule has 0 atom stereocenters. The quantitative estimate of drug-likeness (QED) is 0.236. The molecule has 4 aromatic carbocycles. The van der Waals surface area contributed by atoms with Crippen LogP contribution in [0.4, 0.5) is 0 Å². The molecule has 0 saturated carbocycles. The normalized spacial score (nSPS) is 11.2. The molecule has 5 aromatic rings. The van der Waals surface area contributed by atoms with Crippen LogP contribution in [0, 0.1) is 0 Å². The molecular weight excluding hydrogens is 527 g/mol. The number of halogens is 2. The summed E-state index contributed by atoms with van der Waals surface area (Å²) in [5.74, 6) is -1.09. The number of amides is 1. The highest BCUT2D eigenvalue weighted by Gasteiger charge is 2.19. The Kier molecular flexibility index (Phi) is 6.90. The molecule has 0 fully saturated rings. The van der Waals surface area contributed by atoms with Crippen LogP contribution in [0.5, 0.6) is 0 Å². The number of carbonyl (C=O) groups excluding carboxylic acids is 1. The largest absolute Gasteiger partial charge is 0.477 e. The van der Waals surface area contributed by atoms with Gasteiger partial charge in [0.15, 0.2) is 0 Å². The highest BCUT2D eigenvalue weighted by atomic mass is 35.5. The third kappa shape index (κ3) is 4.92. The van der Waals surface area contributed by atoms with Crippen LogP contribution in [0.25, 0.3) is 21.7 Å². The van der Waals surface area contributed by atoms with E-state index in [1.54, 1.807) is 50.1 Å². The molecule has 37 heavy (non-hydrogen) atoms. The minimum absolute atomic E-state index is 0.0837. The van der Waals surface area contributed by atoms with Crippen LogP contribution in [0.2, 0.25) is 10.0 Å². The Morgan fingerprint density at radius 3 is 2.22 bits per heavy atom. The monoisotopic (exact) mass is 548 g/mol. The fraction of sp³-hybridized carbons (Fsp3) is 0.103. The van der Waals surface area contributed by atoms with Crippen molar-refractivity contribution in [1.29, 1.82) is 0 Å². The Balaban J connectivity index is 1.64. The van der Waals surface area contributed by atoms with Gasteiger partial charge in [-0.1, -0.05) is 71.4 Å². The van der Waals surface area contributed by atoms with Crippen LogP contribution in [0.1, 0.15) is 26.4 Å². The first-order valence-corrected chi connectivity index (χ1v) is 13.0. The molecule has 1 aromatic heterocycles. The first-order chi connectivity index (χ1) is 17.7. The number of carboxylic acid groups (broad SMARTS) is 1. The van der Waals surface area contributed by atoms with Gasteiger partial charge in [0.1, 0.15) is 5.69 Å². The highest BCUT2D eigenvalue weighted by molar-refractivity contribution is 7.99. The number of fused-ring (bicyclic) bond motifs is 3. The van der Waals surface area contributed by atoms with Crippen molar-refractivity contribution < 1.29 is 14.7 Å². The Hall–Kier alpha value is -3.45. The lowest BCUT2D eigenvalue weighted by atomic mass is 10.1. The number of carbonyl (C=O) groups is 2. The average molecular weight is 549 g/mol. The molecule has 0 radical (unpaired) electrons. The third-order valence-electron chi connectivity index (χ3n) is 6.17. The smallest absolute Gasteiger partial charge is 0.352 e. The van der Waals surface area contributed by atoms with Crippen molar-refractivity contribution in [3.05, 3.63) is 106 Å². The van der Waals surface area contributed by atoms with E-state index in [1.807, 2.05) is 59.2 Å². The van der Waals surface area contributed by atoms with Crippen molar-refractivity contribution >= 4 is 68.5 Å². The van der Waals surface area contributed by atoms with E-state index in [-0.39, 0.29) is 11.6 Å². The molecule has 0 saturated heterocycles. The summed E-state index contributed by atoms with van der Waals surface area (Å²) < 4.78 is 1.81. The summed E-state index contributed by atoms with van der Waals surface area (Å²) in [5.41, 5.74) is 2.48. The van der Waals surface area contributed by atoms with Crippen LogP contribution in [-0.2, 0) is 6.54 Å². The van der Waals surface area contributed by atoms with Gasteiger partial charge in [0.05, 0.1) is 15.6 Å². The number of aromatic carboxylic acids is 1. The Bertz CT molecular complexity index is 1680. The van der Waals surface area contributed by atoms with E-state index in [0.717, 1.165) is 37.0 Å². The van der Waals surface area contributed by atoms with E-state index in [4.69, 9.17) is 23.2 Å². The lowest BCUT2D eigenvalue weighted by Gasteiger charge is -2.13. The molecule has 8 heteroatoms. The molecule has 1 N–H and O–H groups in total. The minimum atomic E-state index is -1.00. The maximum Gasteiger partial charge on any atom is 0.352 e. The van der Waals surface area contributed by atoms with Crippen molar-refractivity contribution in [2.45, 2.75) is 16.3 Å². The zero-order chi connectivity index (χ0) is 26.3. The lowest BCUT2D eigenvalue weighted by molar-refractivity contribution is 0.0685. The standard InChI is InChI=1S/C29H22Cl2N2O3S/c1-32(2)28(34)18-9-7-17(8-10-18)16-33-25-15-27(37-19-11-12-23(30)24(31)13-19)21-6-4-3-5-20(21)22(25)14-26(33)29(35)36/h3-15H,16H2,1-2H3,(H,35,36). The summed E-state index contributed by atoms with van der Waals surface area (Å²) in [4.78, 5) is 28.0. The van der Waals surface area contributed by atoms with Crippen LogP contribution >= 0.6 is 35.0 Å². The number of benzene rings is 4. The van der Waals surface area contributed by atoms with Crippen molar-refractivity contribution in [2.75, 3.05) is 14.1 Å². The molecular formula is C29H22Cl2N2O3S. The molecule has 0 spiro atoms. The number of aromatic nitrogens is 1. The van der Waals surface area contributed by atoms with Gasteiger partial charge >= 0.3 is 5.97 Å². The van der Waals surface area contributed by atoms with E-state index in [1.165, 1.54) is 4.90 Å². The Labute approximate surface area is 228 Å². The van der Waals surface area contributed by atoms with E-state index < -0.39 is 5.97 Å². The van der Waals surface area contributed by atoms with Crippen molar-refractivity contribution in [3.8, 4) is 0 Å². The molecule has 0 aliphatic rings. The van der Waals surface area contributed by atoms with Gasteiger partial charge in [-0.3, -0.25) is 4.79 Å². The van der Waals surface area contributed by atoms with Gasteiger partial charge in [-0.25, -0.2) is 4.79 Å². The number of hydrogen-bond donors (Lipinski definition) is 1. The molecule has 186 valence electrons. The maximum atomic E-state index is 12.3. The van der Waals surface area contributed by atoms with E-state index >= 15 is 0 Å².